The number of carbonyl (C=O) groups is 2. The van der Waals surface area contributed by atoms with Crippen LogP contribution >= 0.6 is 12.4 Å². The molecule has 1 amide bonds. The number of halogens is 1. The molecular formula is C60H95ClN8O9S2. The Morgan fingerprint density at radius 1 is 0.588 bits per heavy atom. The summed E-state index contributed by atoms with van der Waals surface area (Å²) in [6.07, 6.45) is 4.89. The summed E-state index contributed by atoms with van der Waals surface area (Å²) in [7, 11) is 2.22. The number of nitrogens with zero attached hydrogens (tertiary/aromatic N) is 7. The van der Waals surface area contributed by atoms with Gasteiger partial charge in [0.15, 0.2) is 0 Å². The zero-order chi connectivity index (χ0) is 58.6. The molecule has 0 radical (unpaired) electrons. The van der Waals surface area contributed by atoms with Crippen molar-refractivity contribution < 1.29 is 41.0 Å². The monoisotopic (exact) mass is 1170 g/mol. The van der Waals surface area contributed by atoms with E-state index < -0.39 is 26.0 Å². The van der Waals surface area contributed by atoms with Crippen molar-refractivity contribution in [3.63, 3.8) is 0 Å². The first-order valence-electron chi connectivity index (χ1n) is 28.0. The first-order valence-corrected chi connectivity index (χ1v) is 30.9. The van der Waals surface area contributed by atoms with Gasteiger partial charge in [-0.15, -0.1) is 12.4 Å². The number of methoxy groups -OCH3 is 2. The number of carboxylic acids is 1. The van der Waals surface area contributed by atoms with Gasteiger partial charge in [0.1, 0.15) is 11.5 Å². The van der Waals surface area contributed by atoms with Gasteiger partial charge < -0.3 is 44.4 Å². The standard InChI is InChI=1S/C30H46N4O4S.C17H29N3.C13H19NO5S.ClH/c1-8-33(9-2)22-25-14-18-34(19-15-25)27-12-10-26(11-13-27)32(6)29(35)16-17-31(5)39(36,37)30-23(3)20-28(38-7)21-24(30)4;1-4-19(5-2)14-15-10-12-20(13-11-15)17-8-6-16(18-3)7-9-17;1-9-7-11(19-4)8-10(2)13(9)20(17,18)14(3)6-5-12(15)16;/h10-13,20-21,25H,8-9,14-19,22H2,1-7H3;6-9,15,18H,4-5,10-14H2,1-3H3;7-8H,5-6H2,1-4H3,(H,15,16);1H. The zero-order valence-electron chi connectivity index (χ0n) is 50.4. The number of anilines is 4. The third-order valence-electron chi connectivity index (χ3n) is 15.5. The number of sulfonamides is 2. The Balaban J connectivity index is 0.000000345. The summed E-state index contributed by atoms with van der Waals surface area (Å²) < 4.78 is 64.2. The minimum atomic E-state index is -3.74. The maximum absolute atomic E-state index is 13.3. The Morgan fingerprint density at radius 3 is 1.24 bits per heavy atom. The second-order valence-corrected chi connectivity index (χ2v) is 24.8. The quantitative estimate of drug-likeness (QED) is 0.0678. The fourth-order valence-electron chi connectivity index (χ4n) is 10.4. The van der Waals surface area contributed by atoms with Gasteiger partial charge in [-0.1, -0.05) is 27.7 Å². The Bertz CT molecular complexity index is 2720. The van der Waals surface area contributed by atoms with Crippen molar-refractivity contribution in [3.8, 4) is 11.5 Å². The second-order valence-electron chi connectivity index (χ2n) is 20.8. The number of benzene rings is 4. The lowest BCUT2D eigenvalue weighted by atomic mass is 9.95. The third kappa shape index (κ3) is 19.5. The molecule has 0 saturated carbocycles. The fraction of sp³-hybridized carbons (Fsp3) is 0.567. The van der Waals surface area contributed by atoms with Gasteiger partial charge in [0.05, 0.1) is 30.4 Å². The van der Waals surface area contributed by atoms with E-state index in [4.69, 9.17) is 14.6 Å². The number of hydrogen-bond acceptors (Lipinski definition) is 13. The molecule has 2 heterocycles. The highest BCUT2D eigenvalue weighted by molar-refractivity contribution is 7.89. The molecule has 4 aromatic rings. The molecule has 6 rings (SSSR count). The minimum absolute atomic E-state index is 0. The number of hydrogen-bond donors (Lipinski definition) is 2. The minimum Gasteiger partial charge on any atom is -0.497 e. The summed E-state index contributed by atoms with van der Waals surface area (Å²) in [4.78, 5) is 35.6. The number of ether oxygens (including phenoxy) is 2. The molecule has 2 N–H and O–H groups in total. The highest BCUT2D eigenvalue weighted by Crippen LogP contribution is 2.31. The Labute approximate surface area is 487 Å². The fourth-order valence-corrected chi connectivity index (χ4v) is 13.6. The Kier molecular flexibility index (Phi) is 28.6. The van der Waals surface area contributed by atoms with Crippen LogP contribution in [0.4, 0.5) is 22.7 Å². The lowest BCUT2D eigenvalue weighted by Gasteiger charge is -2.35. The largest absolute Gasteiger partial charge is 0.497 e. The van der Waals surface area contributed by atoms with Crippen molar-refractivity contribution >= 4 is 67.1 Å². The first kappa shape index (κ1) is 69.1. The molecule has 448 valence electrons. The van der Waals surface area contributed by atoms with Crippen molar-refractivity contribution in [2.24, 2.45) is 11.8 Å². The summed E-state index contributed by atoms with van der Waals surface area (Å²) in [6.45, 7) is 27.4. The van der Waals surface area contributed by atoms with E-state index in [0.29, 0.717) is 33.8 Å². The predicted octanol–water partition coefficient (Wildman–Crippen LogP) is 9.66. The molecule has 2 fully saturated rings. The van der Waals surface area contributed by atoms with Crippen LogP contribution in [-0.4, -0.2) is 173 Å². The highest BCUT2D eigenvalue weighted by atomic mass is 35.5. The smallest absolute Gasteiger partial charge is 0.304 e. The van der Waals surface area contributed by atoms with Gasteiger partial charge in [-0.25, -0.2) is 25.4 Å². The van der Waals surface area contributed by atoms with Crippen molar-refractivity contribution in [2.45, 2.75) is 104 Å². The molecule has 2 aliphatic rings. The lowest BCUT2D eigenvalue weighted by Crippen LogP contribution is -2.38. The van der Waals surface area contributed by atoms with Crippen molar-refractivity contribution in [3.05, 3.63) is 95.1 Å². The van der Waals surface area contributed by atoms with Crippen molar-refractivity contribution in [2.75, 3.05) is 141 Å². The van der Waals surface area contributed by atoms with Gasteiger partial charge in [0, 0.05) is 110 Å². The van der Waals surface area contributed by atoms with Crippen LogP contribution in [0.5, 0.6) is 11.5 Å². The van der Waals surface area contributed by atoms with E-state index in [0.717, 1.165) is 48.0 Å². The molecule has 0 aliphatic carbocycles. The van der Waals surface area contributed by atoms with Gasteiger partial charge in [-0.3, -0.25) is 9.59 Å². The number of carboxylic acid groups (broad SMARTS) is 1. The molecule has 0 aromatic heterocycles. The molecule has 17 nitrogen and oxygen atoms in total. The molecule has 20 heteroatoms. The molecule has 4 aromatic carbocycles. The Hall–Kier alpha value is -5.15. The number of amides is 1. The van der Waals surface area contributed by atoms with Crippen LogP contribution in [0.2, 0.25) is 0 Å². The summed E-state index contributed by atoms with van der Waals surface area (Å²) in [5.41, 5.74) is 6.92. The summed E-state index contributed by atoms with van der Waals surface area (Å²) in [5, 5.41) is 11.8. The van der Waals surface area contributed by atoms with E-state index >= 15 is 0 Å². The van der Waals surface area contributed by atoms with E-state index in [1.54, 1.807) is 71.0 Å². The molecule has 2 aliphatic heterocycles. The lowest BCUT2D eigenvalue weighted by molar-refractivity contribution is -0.137. The van der Waals surface area contributed by atoms with E-state index in [1.807, 2.05) is 19.2 Å². The maximum atomic E-state index is 13.3. The number of nitrogens with one attached hydrogen (secondary N) is 1. The van der Waals surface area contributed by atoms with Crippen LogP contribution in [0.1, 0.15) is 88.5 Å². The number of rotatable bonds is 24. The molecular weight excluding hydrogens is 1080 g/mol. The van der Waals surface area contributed by atoms with Crippen LogP contribution < -0.4 is 29.5 Å². The summed E-state index contributed by atoms with van der Waals surface area (Å²) in [6, 6.07) is 23.6. The molecule has 0 spiro atoms. The van der Waals surface area contributed by atoms with E-state index in [2.05, 4.69) is 89.0 Å². The topological polar surface area (TPSA) is 176 Å². The molecule has 2 saturated heterocycles. The SMILES string of the molecule is CCN(CC)CC1CCN(c2ccc(N(C)C(=O)CCN(C)S(=O)(=O)c3c(C)cc(OC)cc3C)cc2)CC1.CCN(CC)CC1CCN(c2ccc(NC)cc2)CC1.COc1cc(C)c(S(=O)(=O)N(C)CCC(=O)O)c(C)c1.Cl. The van der Waals surface area contributed by atoms with Crippen molar-refractivity contribution in [1.29, 1.82) is 0 Å². The van der Waals surface area contributed by atoms with Crippen LogP contribution in [0.25, 0.3) is 0 Å². The molecule has 0 atom stereocenters. The van der Waals surface area contributed by atoms with E-state index in [1.165, 1.54) is 108 Å². The summed E-state index contributed by atoms with van der Waals surface area (Å²) in [5.74, 6) is 1.67. The molecule has 0 bridgehead atoms. The van der Waals surface area contributed by atoms with Crippen LogP contribution in [0.15, 0.2) is 82.6 Å². The molecule has 80 heavy (non-hydrogen) atoms. The summed E-state index contributed by atoms with van der Waals surface area (Å²) >= 11 is 0. The molecule has 0 unspecified atom stereocenters. The van der Waals surface area contributed by atoms with E-state index in [9.17, 15) is 26.4 Å². The van der Waals surface area contributed by atoms with Gasteiger partial charge >= 0.3 is 5.97 Å². The van der Waals surface area contributed by atoms with E-state index in [-0.39, 0.29) is 54.0 Å². The van der Waals surface area contributed by atoms with Gasteiger partial charge in [-0.05, 0) is 186 Å². The average molecular weight is 1170 g/mol. The van der Waals surface area contributed by atoms with Crippen LogP contribution in [0, 0.1) is 39.5 Å². The van der Waals surface area contributed by atoms with Gasteiger partial charge in [-0.2, -0.15) is 0 Å². The number of carbonyl (C=O) groups excluding carboxylic acids is 1. The first-order chi connectivity index (χ1) is 37.5. The number of aliphatic carboxylic acids is 1. The van der Waals surface area contributed by atoms with Crippen LogP contribution in [-0.2, 0) is 29.6 Å². The van der Waals surface area contributed by atoms with Crippen LogP contribution in [0.3, 0.4) is 0 Å². The highest BCUT2D eigenvalue weighted by Gasteiger charge is 2.29. The predicted molar refractivity (Wildman–Crippen MR) is 330 cm³/mol. The third-order valence-corrected chi connectivity index (χ3v) is 19.8. The number of piperidine rings is 2. The normalized spacial score (nSPS) is 14.3. The average Bonchev–Trinajstić information content (AvgIpc) is 3.44. The maximum Gasteiger partial charge on any atom is 0.304 e. The Morgan fingerprint density at radius 2 is 0.925 bits per heavy atom. The van der Waals surface area contributed by atoms with Gasteiger partial charge in [0.25, 0.3) is 0 Å². The number of aryl methyl sites for hydroxylation is 4. The second kappa shape index (κ2) is 33.1. The van der Waals surface area contributed by atoms with Crippen molar-refractivity contribution in [1.82, 2.24) is 18.4 Å². The zero-order valence-corrected chi connectivity index (χ0v) is 52.8. The van der Waals surface area contributed by atoms with Gasteiger partial charge in [0.2, 0.25) is 26.0 Å².